The number of phenolic OH excluding ortho intramolecular Hbond substituents is 1. The lowest BCUT2D eigenvalue weighted by Gasteiger charge is -2.23. The number of hydrogen-bond acceptors (Lipinski definition) is 4. The Morgan fingerprint density at radius 3 is 2.89 bits per heavy atom. The minimum Gasteiger partial charge on any atom is -0.508 e. The van der Waals surface area contributed by atoms with Crippen molar-refractivity contribution in [1.29, 1.82) is 0 Å². The zero-order valence-electron chi connectivity index (χ0n) is 15.6. The molecule has 1 aliphatic carbocycles. The summed E-state index contributed by atoms with van der Waals surface area (Å²) in [5.41, 5.74) is 3.36. The monoisotopic (exact) mass is 365 g/mol. The third-order valence-corrected chi connectivity index (χ3v) is 5.46. The van der Waals surface area contributed by atoms with E-state index in [0.717, 1.165) is 43.4 Å². The molecule has 0 spiro atoms. The van der Waals surface area contributed by atoms with Crippen molar-refractivity contribution < 1.29 is 9.90 Å². The topological polar surface area (TPSA) is 74.2 Å². The number of hydrogen-bond donors (Lipinski definition) is 3. The summed E-state index contributed by atoms with van der Waals surface area (Å²) in [5.74, 6) is 0.443. The number of nitrogens with zero attached hydrogens (tertiary/aromatic N) is 1. The van der Waals surface area contributed by atoms with Crippen molar-refractivity contribution >= 4 is 11.6 Å². The van der Waals surface area contributed by atoms with E-state index in [1.807, 2.05) is 18.2 Å². The minimum absolute atomic E-state index is 0.0630. The lowest BCUT2D eigenvalue weighted by atomic mass is 9.96. The van der Waals surface area contributed by atoms with Crippen LogP contribution in [0.1, 0.15) is 44.1 Å². The molecule has 2 aromatic rings. The van der Waals surface area contributed by atoms with Crippen LogP contribution in [0.5, 0.6) is 5.75 Å². The Morgan fingerprint density at radius 2 is 2.11 bits per heavy atom. The molecule has 1 aromatic heterocycles. The Kier molecular flexibility index (Phi) is 5.39. The summed E-state index contributed by atoms with van der Waals surface area (Å²) < 4.78 is 0. The van der Waals surface area contributed by atoms with Crippen LogP contribution >= 0.6 is 0 Å². The molecule has 1 aliphatic heterocycles. The van der Waals surface area contributed by atoms with E-state index in [9.17, 15) is 9.90 Å². The second-order valence-electron chi connectivity index (χ2n) is 7.74. The van der Waals surface area contributed by atoms with Crippen molar-refractivity contribution in [3.05, 3.63) is 42.1 Å². The van der Waals surface area contributed by atoms with Gasteiger partial charge in [0, 0.05) is 23.7 Å². The Hall–Kier alpha value is -2.40. The number of carbonyl (C=O) groups excluding carboxylic acids is 1. The van der Waals surface area contributed by atoms with Crippen molar-refractivity contribution in [2.24, 2.45) is 5.92 Å². The lowest BCUT2D eigenvalue weighted by molar-refractivity contribution is -0.117. The SMILES string of the molecule is O=C(Nc1cccnc1-c1cc(O)cc(CC[C@@H]2CCCCN2)c1)C1CC1. The van der Waals surface area contributed by atoms with E-state index in [2.05, 4.69) is 21.7 Å². The number of aromatic hydroxyl groups is 1. The quantitative estimate of drug-likeness (QED) is 0.726. The molecule has 0 unspecified atom stereocenters. The maximum atomic E-state index is 12.2. The Bertz CT molecular complexity index is 811. The summed E-state index contributed by atoms with van der Waals surface area (Å²) >= 11 is 0. The van der Waals surface area contributed by atoms with E-state index in [0.29, 0.717) is 17.4 Å². The molecule has 5 heteroatoms. The fourth-order valence-electron chi connectivity index (χ4n) is 3.78. The molecule has 4 rings (SSSR count). The fraction of sp³-hybridized carbons (Fsp3) is 0.455. The highest BCUT2D eigenvalue weighted by molar-refractivity contribution is 5.97. The van der Waals surface area contributed by atoms with Crippen LogP contribution in [-0.4, -0.2) is 28.6 Å². The zero-order chi connectivity index (χ0) is 18.6. The van der Waals surface area contributed by atoms with Crippen LogP contribution in [0.4, 0.5) is 5.69 Å². The van der Waals surface area contributed by atoms with Crippen molar-refractivity contribution in [2.45, 2.75) is 51.0 Å². The number of carbonyl (C=O) groups is 1. The van der Waals surface area contributed by atoms with Gasteiger partial charge in [-0.3, -0.25) is 9.78 Å². The van der Waals surface area contributed by atoms with Crippen LogP contribution in [0.15, 0.2) is 36.5 Å². The molecule has 0 bridgehead atoms. The van der Waals surface area contributed by atoms with Crippen LogP contribution in [0.25, 0.3) is 11.3 Å². The molecule has 142 valence electrons. The summed E-state index contributed by atoms with van der Waals surface area (Å²) in [7, 11) is 0. The highest BCUT2D eigenvalue weighted by Gasteiger charge is 2.30. The number of aryl methyl sites for hydroxylation is 1. The first-order valence-electron chi connectivity index (χ1n) is 10.0. The third-order valence-electron chi connectivity index (χ3n) is 5.46. The van der Waals surface area contributed by atoms with Crippen LogP contribution in [0, 0.1) is 5.92 Å². The van der Waals surface area contributed by atoms with E-state index in [-0.39, 0.29) is 17.6 Å². The number of anilines is 1. The van der Waals surface area contributed by atoms with E-state index in [1.165, 1.54) is 19.3 Å². The lowest BCUT2D eigenvalue weighted by Crippen LogP contribution is -2.34. The highest BCUT2D eigenvalue weighted by atomic mass is 16.3. The number of pyridine rings is 1. The van der Waals surface area contributed by atoms with Gasteiger partial charge in [0.15, 0.2) is 0 Å². The van der Waals surface area contributed by atoms with Gasteiger partial charge in [-0.15, -0.1) is 0 Å². The molecule has 1 aromatic carbocycles. The Labute approximate surface area is 160 Å². The first-order chi connectivity index (χ1) is 13.2. The van der Waals surface area contributed by atoms with Gasteiger partial charge in [0.25, 0.3) is 0 Å². The van der Waals surface area contributed by atoms with Gasteiger partial charge in [-0.05, 0) is 81.0 Å². The van der Waals surface area contributed by atoms with Gasteiger partial charge in [-0.2, -0.15) is 0 Å². The van der Waals surface area contributed by atoms with E-state index in [4.69, 9.17) is 0 Å². The molecule has 1 amide bonds. The van der Waals surface area contributed by atoms with Crippen LogP contribution < -0.4 is 10.6 Å². The number of amides is 1. The Morgan fingerprint density at radius 1 is 1.22 bits per heavy atom. The summed E-state index contributed by atoms with van der Waals surface area (Å²) in [6, 6.07) is 9.89. The van der Waals surface area contributed by atoms with Gasteiger partial charge >= 0.3 is 0 Å². The van der Waals surface area contributed by atoms with Crippen LogP contribution in [0.3, 0.4) is 0 Å². The third kappa shape index (κ3) is 4.66. The van der Waals surface area contributed by atoms with E-state index < -0.39 is 0 Å². The van der Waals surface area contributed by atoms with Crippen molar-refractivity contribution in [2.75, 3.05) is 11.9 Å². The molecular formula is C22H27N3O2. The van der Waals surface area contributed by atoms with Gasteiger partial charge in [0.05, 0.1) is 11.4 Å². The van der Waals surface area contributed by atoms with Crippen molar-refractivity contribution in [3.8, 4) is 17.0 Å². The number of phenols is 1. The predicted octanol–water partition coefficient (Wildman–Crippen LogP) is 3.88. The molecule has 2 heterocycles. The van der Waals surface area contributed by atoms with Gasteiger partial charge < -0.3 is 15.7 Å². The summed E-state index contributed by atoms with van der Waals surface area (Å²) in [6.45, 7) is 1.11. The summed E-state index contributed by atoms with van der Waals surface area (Å²) in [5, 5.41) is 16.8. The normalized spacial score (nSPS) is 19.6. The molecule has 3 N–H and O–H groups in total. The van der Waals surface area contributed by atoms with Gasteiger partial charge in [0.2, 0.25) is 5.91 Å². The average Bonchev–Trinajstić information content (AvgIpc) is 3.53. The fourth-order valence-corrected chi connectivity index (χ4v) is 3.78. The number of nitrogens with one attached hydrogen (secondary N) is 2. The van der Waals surface area contributed by atoms with Gasteiger partial charge in [0.1, 0.15) is 5.75 Å². The van der Waals surface area contributed by atoms with E-state index >= 15 is 0 Å². The standard InChI is InChI=1S/C22H27N3O2/c26-19-13-15(6-9-18-4-1-2-10-23-18)12-17(14-19)21-20(5-3-11-24-21)25-22(27)16-7-8-16/h3,5,11-14,16,18,23,26H,1-2,4,6-10H2,(H,25,27)/t18-/m0/s1. The zero-order valence-corrected chi connectivity index (χ0v) is 15.6. The number of aromatic nitrogens is 1. The number of rotatable bonds is 6. The van der Waals surface area contributed by atoms with Gasteiger partial charge in [-0.25, -0.2) is 0 Å². The molecular weight excluding hydrogens is 338 g/mol. The summed E-state index contributed by atoms with van der Waals surface area (Å²) in [6.07, 6.45) is 9.41. The Balaban J connectivity index is 1.53. The molecule has 1 saturated heterocycles. The first-order valence-corrected chi connectivity index (χ1v) is 10.0. The molecule has 0 radical (unpaired) electrons. The van der Waals surface area contributed by atoms with Gasteiger partial charge in [-0.1, -0.05) is 6.42 Å². The van der Waals surface area contributed by atoms with Crippen molar-refractivity contribution in [3.63, 3.8) is 0 Å². The summed E-state index contributed by atoms with van der Waals surface area (Å²) in [4.78, 5) is 16.7. The van der Waals surface area contributed by atoms with Crippen LogP contribution in [-0.2, 0) is 11.2 Å². The maximum Gasteiger partial charge on any atom is 0.227 e. The predicted molar refractivity (Wildman–Crippen MR) is 107 cm³/mol. The second kappa shape index (κ2) is 8.09. The molecule has 2 aliphatic rings. The number of piperidine rings is 1. The molecule has 1 saturated carbocycles. The minimum atomic E-state index is 0.0630. The average molecular weight is 365 g/mol. The molecule has 1 atom stereocenters. The molecule has 5 nitrogen and oxygen atoms in total. The highest BCUT2D eigenvalue weighted by Crippen LogP contribution is 2.33. The van der Waals surface area contributed by atoms with E-state index in [1.54, 1.807) is 12.3 Å². The second-order valence-corrected chi connectivity index (χ2v) is 7.74. The molecule has 27 heavy (non-hydrogen) atoms. The molecule has 2 fully saturated rings. The maximum absolute atomic E-state index is 12.2. The smallest absolute Gasteiger partial charge is 0.227 e. The first kappa shape index (κ1) is 18.0. The van der Waals surface area contributed by atoms with Crippen molar-refractivity contribution in [1.82, 2.24) is 10.3 Å². The van der Waals surface area contributed by atoms with Crippen LogP contribution in [0.2, 0.25) is 0 Å². The largest absolute Gasteiger partial charge is 0.508 e. The number of benzene rings is 1.